The van der Waals surface area contributed by atoms with Crippen LogP contribution in [0.1, 0.15) is 55.0 Å². The summed E-state index contributed by atoms with van der Waals surface area (Å²) in [6.45, 7) is 0.767. The molecule has 4 heteroatoms. The lowest BCUT2D eigenvalue weighted by molar-refractivity contribution is -0.150. The molecule has 0 saturated heterocycles. The first-order chi connectivity index (χ1) is 15.2. The van der Waals surface area contributed by atoms with Gasteiger partial charge in [0.15, 0.2) is 0 Å². The molecular formula is C27H32N2O2. The van der Waals surface area contributed by atoms with E-state index in [4.69, 9.17) is 4.74 Å². The number of carbonyl (C=O) groups excluding carboxylic acids is 1. The zero-order valence-corrected chi connectivity index (χ0v) is 18.6. The van der Waals surface area contributed by atoms with Gasteiger partial charge in [-0.2, -0.15) is 0 Å². The average molecular weight is 417 g/mol. The van der Waals surface area contributed by atoms with Gasteiger partial charge < -0.3 is 9.30 Å². The van der Waals surface area contributed by atoms with E-state index in [1.165, 1.54) is 66.9 Å². The third-order valence-electron chi connectivity index (χ3n) is 7.47. The van der Waals surface area contributed by atoms with E-state index in [1.807, 2.05) is 0 Å². The van der Waals surface area contributed by atoms with Gasteiger partial charge in [-0.05, 0) is 36.0 Å². The van der Waals surface area contributed by atoms with Crippen LogP contribution in [0.25, 0.3) is 10.9 Å². The van der Waals surface area contributed by atoms with E-state index in [9.17, 15) is 4.79 Å². The number of hydrogen-bond acceptors (Lipinski definition) is 3. The van der Waals surface area contributed by atoms with Crippen LogP contribution in [-0.4, -0.2) is 28.6 Å². The van der Waals surface area contributed by atoms with Crippen LogP contribution in [0.4, 0.5) is 0 Å². The van der Waals surface area contributed by atoms with Crippen molar-refractivity contribution in [1.82, 2.24) is 9.47 Å². The maximum absolute atomic E-state index is 13.1. The highest BCUT2D eigenvalue weighted by Crippen LogP contribution is 2.47. The molecule has 162 valence electrons. The molecule has 0 N–H and O–H groups in total. The second-order valence-electron chi connectivity index (χ2n) is 9.18. The van der Waals surface area contributed by atoms with Crippen molar-refractivity contribution in [3.63, 3.8) is 0 Å². The summed E-state index contributed by atoms with van der Waals surface area (Å²) < 4.78 is 7.74. The Morgan fingerprint density at radius 3 is 2.45 bits per heavy atom. The number of rotatable bonds is 4. The first kappa shape index (κ1) is 20.3. The fraction of sp³-hybridized carbons (Fsp3) is 0.444. The molecule has 0 unspecified atom stereocenters. The molecule has 1 fully saturated rings. The Kier molecular flexibility index (Phi) is 5.58. The Morgan fingerprint density at radius 1 is 1.00 bits per heavy atom. The van der Waals surface area contributed by atoms with Crippen molar-refractivity contribution in [2.24, 2.45) is 13.0 Å². The Balaban J connectivity index is 1.68. The van der Waals surface area contributed by atoms with Gasteiger partial charge in [-0.25, -0.2) is 0 Å². The Morgan fingerprint density at radius 2 is 1.71 bits per heavy atom. The van der Waals surface area contributed by atoms with Crippen LogP contribution >= 0.6 is 0 Å². The van der Waals surface area contributed by atoms with Gasteiger partial charge in [0.1, 0.15) is 6.04 Å². The molecule has 2 aromatic carbocycles. The van der Waals surface area contributed by atoms with E-state index in [-0.39, 0.29) is 18.1 Å². The summed E-state index contributed by atoms with van der Waals surface area (Å²) in [5.41, 5.74) is 5.26. The largest absolute Gasteiger partial charge is 0.468 e. The fourth-order valence-corrected chi connectivity index (χ4v) is 6.05. The summed E-state index contributed by atoms with van der Waals surface area (Å²) in [6.07, 6.45) is 7.05. The number of para-hydroxylation sites is 1. The normalized spacial score (nSPS) is 22.4. The van der Waals surface area contributed by atoms with Gasteiger partial charge in [0.05, 0.1) is 13.2 Å². The van der Waals surface area contributed by atoms with Gasteiger partial charge in [0.2, 0.25) is 0 Å². The third kappa shape index (κ3) is 3.57. The van der Waals surface area contributed by atoms with E-state index in [0.29, 0.717) is 12.3 Å². The predicted molar refractivity (Wildman–Crippen MR) is 124 cm³/mol. The highest BCUT2D eigenvalue weighted by Gasteiger charge is 2.44. The molecule has 0 amide bonds. The van der Waals surface area contributed by atoms with E-state index < -0.39 is 0 Å². The van der Waals surface area contributed by atoms with Crippen LogP contribution < -0.4 is 0 Å². The average Bonchev–Trinajstić information content (AvgIpc) is 3.11. The van der Waals surface area contributed by atoms with Crippen LogP contribution in [0.5, 0.6) is 0 Å². The highest BCUT2D eigenvalue weighted by atomic mass is 16.5. The number of nitrogens with zero attached hydrogens (tertiary/aromatic N) is 2. The molecule has 2 aliphatic rings. The monoisotopic (exact) mass is 416 g/mol. The topological polar surface area (TPSA) is 34.5 Å². The lowest BCUT2D eigenvalue weighted by Crippen LogP contribution is -2.50. The van der Waals surface area contributed by atoms with E-state index in [0.717, 1.165) is 6.54 Å². The second-order valence-corrected chi connectivity index (χ2v) is 9.18. The molecule has 1 saturated carbocycles. The molecule has 0 bridgehead atoms. The summed E-state index contributed by atoms with van der Waals surface area (Å²) in [7, 11) is 3.73. The minimum absolute atomic E-state index is 0.115. The van der Waals surface area contributed by atoms with Crippen molar-refractivity contribution < 1.29 is 9.53 Å². The van der Waals surface area contributed by atoms with Crippen molar-refractivity contribution in [2.45, 2.75) is 57.2 Å². The molecule has 5 rings (SSSR count). The van der Waals surface area contributed by atoms with Crippen LogP contribution in [0.3, 0.4) is 0 Å². The second kappa shape index (κ2) is 8.51. The van der Waals surface area contributed by atoms with Gasteiger partial charge in [-0.3, -0.25) is 9.69 Å². The van der Waals surface area contributed by atoms with Crippen molar-refractivity contribution in [2.75, 3.05) is 7.11 Å². The number of benzene rings is 2. The van der Waals surface area contributed by atoms with E-state index >= 15 is 0 Å². The summed E-state index contributed by atoms with van der Waals surface area (Å²) >= 11 is 0. The molecule has 0 spiro atoms. The lowest BCUT2D eigenvalue weighted by atomic mass is 9.77. The van der Waals surface area contributed by atoms with E-state index in [2.05, 4.69) is 71.1 Å². The smallest absolute Gasteiger partial charge is 0.323 e. The Labute approximate surface area is 184 Å². The van der Waals surface area contributed by atoms with Gasteiger partial charge in [0, 0.05) is 36.6 Å². The van der Waals surface area contributed by atoms with Crippen LogP contribution in [0, 0.1) is 5.92 Å². The first-order valence-electron chi connectivity index (χ1n) is 11.6. The number of aryl methyl sites for hydroxylation is 1. The van der Waals surface area contributed by atoms with Gasteiger partial charge in [-0.1, -0.05) is 67.8 Å². The summed E-state index contributed by atoms with van der Waals surface area (Å²) in [6, 6.07) is 19.2. The number of methoxy groups -OCH3 is 1. The molecule has 4 nitrogen and oxygen atoms in total. The number of hydrogen-bond donors (Lipinski definition) is 0. The molecule has 31 heavy (non-hydrogen) atoms. The number of fused-ring (bicyclic) bond motifs is 3. The van der Waals surface area contributed by atoms with Crippen molar-refractivity contribution in [1.29, 1.82) is 0 Å². The highest BCUT2D eigenvalue weighted by molar-refractivity contribution is 5.88. The Bertz CT molecular complexity index is 1070. The lowest BCUT2D eigenvalue weighted by Gasteiger charge is -2.46. The number of aromatic nitrogens is 1. The minimum Gasteiger partial charge on any atom is -0.468 e. The van der Waals surface area contributed by atoms with E-state index in [1.54, 1.807) is 0 Å². The fourth-order valence-electron chi connectivity index (χ4n) is 6.05. The standard InChI is InChI=1S/C27H32N2O2/c1-28-23-16-10-9-15-21(23)22-17-24(27(30)31-2)29(18-19-11-5-3-6-12-19)25(26(22)28)20-13-7-4-8-14-20/h3,5-6,9-12,15-16,20,24-25H,4,7-8,13-14,17-18H2,1-2H3/t24-,25-/m0/s1. The maximum Gasteiger partial charge on any atom is 0.323 e. The quantitative estimate of drug-likeness (QED) is 0.534. The Hall–Kier alpha value is -2.59. The summed E-state index contributed by atoms with van der Waals surface area (Å²) in [4.78, 5) is 15.5. The van der Waals surface area contributed by atoms with Gasteiger partial charge in [0.25, 0.3) is 0 Å². The maximum atomic E-state index is 13.1. The molecule has 0 radical (unpaired) electrons. The number of esters is 1. The first-order valence-corrected chi connectivity index (χ1v) is 11.6. The molecule has 2 atom stereocenters. The van der Waals surface area contributed by atoms with Crippen molar-refractivity contribution >= 4 is 16.9 Å². The summed E-state index contributed by atoms with van der Waals surface area (Å²) in [5.74, 6) is 0.446. The number of ether oxygens (including phenoxy) is 1. The van der Waals surface area contributed by atoms with Gasteiger partial charge >= 0.3 is 5.97 Å². The molecule has 2 heterocycles. The third-order valence-corrected chi connectivity index (χ3v) is 7.47. The zero-order chi connectivity index (χ0) is 21.4. The molecule has 3 aromatic rings. The molecule has 1 aliphatic carbocycles. The van der Waals surface area contributed by atoms with Crippen molar-refractivity contribution in [3.05, 3.63) is 71.4 Å². The van der Waals surface area contributed by atoms with Crippen LogP contribution in [0.2, 0.25) is 0 Å². The summed E-state index contributed by atoms with van der Waals surface area (Å²) in [5, 5.41) is 1.29. The number of carbonyl (C=O) groups is 1. The van der Waals surface area contributed by atoms with Crippen LogP contribution in [0.15, 0.2) is 54.6 Å². The minimum atomic E-state index is -0.254. The van der Waals surface area contributed by atoms with Gasteiger partial charge in [-0.15, -0.1) is 0 Å². The molecular weight excluding hydrogens is 384 g/mol. The molecule has 1 aliphatic heterocycles. The predicted octanol–water partition coefficient (Wildman–Crippen LogP) is 5.40. The zero-order valence-electron chi connectivity index (χ0n) is 18.6. The molecule has 1 aromatic heterocycles. The SMILES string of the molecule is COC(=O)[C@@H]1Cc2c(n(C)c3ccccc23)[C@H](C2CCCCC2)N1Cc1ccccc1. The van der Waals surface area contributed by atoms with Crippen molar-refractivity contribution in [3.8, 4) is 0 Å². The van der Waals surface area contributed by atoms with Crippen LogP contribution in [-0.2, 0) is 29.5 Å².